The van der Waals surface area contributed by atoms with Gasteiger partial charge in [-0.3, -0.25) is 0 Å². The summed E-state index contributed by atoms with van der Waals surface area (Å²) in [6.45, 7) is 3.42. The molecule has 4 heteroatoms. The minimum absolute atomic E-state index is 0.0253. The molecule has 90 valence electrons. The normalized spacial score (nSPS) is 14.1. The third-order valence-corrected chi connectivity index (χ3v) is 2.21. The number of halogens is 3. The molecule has 0 aliphatic rings. The molecule has 1 N–H and O–H groups in total. The van der Waals surface area contributed by atoms with Crippen LogP contribution in [0.2, 0.25) is 0 Å². The second kappa shape index (κ2) is 5.34. The van der Waals surface area contributed by atoms with Gasteiger partial charge in [-0.2, -0.15) is 13.2 Å². The summed E-state index contributed by atoms with van der Waals surface area (Å²) in [4.78, 5) is 0. The lowest BCUT2D eigenvalue weighted by Crippen LogP contribution is -2.46. The first-order valence-corrected chi connectivity index (χ1v) is 5.26. The Hall–Kier alpha value is -1.03. The zero-order valence-electron chi connectivity index (χ0n) is 9.38. The molecule has 1 unspecified atom stereocenters. The second-order valence-electron chi connectivity index (χ2n) is 4.11. The van der Waals surface area contributed by atoms with Crippen molar-refractivity contribution in [2.75, 3.05) is 0 Å². The van der Waals surface area contributed by atoms with Gasteiger partial charge in [-0.15, -0.1) is 0 Å². The zero-order valence-corrected chi connectivity index (χ0v) is 9.38. The molecule has 1 aromatic carbocycles. The molecule has 1 aromatic rings. The molecule has 0 heterocycles. The Kier molecular flexibility index (Phi) is 4.35. The summed E-state index contributed by atoms with van der Waals surface area (Å²) in [6, 6.07) is 7.05. The molecule has 16 heavy (non-hydrogen) atoms. The maximum absolute atomic E-state index is 12.7. The summed E-state index contributed by atoms with van der Waals surface area (Å²) in [5.74, 6) is 0. The van der Waals surface area contributed by atoms with Gasteiger partial charge in [-0.1, -0.05) is 44.2 Å². The van der Waals surface area contributed by atoms with Crippen molar-refractivity contribution in [1.29, 1.82) is 0 Å². The van der Waals surface area contributed by atoms with Gasteiger partial charge in [0.15, 0.2) is 0 Å². The number of hydrogen-bond donors (Lipinski definition) is 1. The molecule has 0 bridgehead atoms. The largest absolute Gasteiger partial charge is 0.404 e. The van der Waals surface area contributed by atoms with Crippen LogP contribution in [0.25, 0.3) is 0 Å². The second-order valence-corrected chi connectivity index (χ2v) is 4.11. The highest BCUT2D eigenvalue weighted by Crippen LogP contribution is 2.23. The number of hydrogen-bond acceptors (Lipinski definition) is 1. The van der Waals surface area contributed by atoms with Gasteiger partial charge in [0, 0.05) is 6.04 Å². The van der Waals surface area contributed by atoms with Crippen LogP contribution in [-0.4, -0.2) is 18.3 Å². The molecule has 0 spiro atoms. The van der Waals surface area contributed by atoms with Gasteiger partial charge >= 0.3 is 6.18 Å². The summed E-state index contributed by atoms with van der Waals surface area (Å²) in [7, 11) is 0. The van der Waals surface area contributed by atoms with Gasteiger partial charge in [0.1, 0.15) is 6.04 Å². The van der Waals surface area contributed by atoms with Crippen molar-refractivity contribution >= 4 is 0 Å². The van der Waals surface area contributed by atoms with Crippen LogP contribution in [0.3, 0.4) is 0 Å². The van der Waals surface area contributed by atoms with Crippen molar-refractivity contribution in [3.05, 3.63) is 35.9 Å². The third kappa shape index (κ3) is 4.23. The molecule has 1 atom stereocenters. The van der Waals surface area contributed by atoms with Crippen LogP contribution in [0, 0.1) is 0 Å². The van der Waals surface area contributed by atoms with Gasteiger partial charge < -0.3 is 5.32 Å². The predicted octanol–water partition coefficient (Wildman–Crippen LogP) is 3.16. The van der Waals surface area contributed by atoms with E-state index in [1.54, 1.807) is 44.2 Å². The highest BCUT2D eigenvalue weighted by molar-refractivity contribution is 5.16. The van der Waals surface area contributed by atoms with E-state index in [4.69, 9.17) is 0 Å². The molecular weight excluding hydrogens is 215 g/mol. The molecule has 0 saturated carbocycles. The molecule has 0 saturated heterocycles. The lowest BCUT2D eigenvalue weighted by atomic mass is 10.1. The number of rotatable bonds is 4. The van der Waals surface area contributed by atoms with E-state index in [9.17, 15) is 13.2 Å². The standard InChI is InChI=1S/C12H16F3N/c1-9(2)16-11(12(13,14)15)8-10-6-4-3-5-7-10/h3-7,9,11,16H,8H2,1-2H3. The zero-order chi connectivity index (χ0) is 12.2. The van der Waals surface area contributed by atoms with Gasteiger partial charge in [-0.05, 0) is 12.0 Å². The average Bonchev–Trinajstić information content (AvgIpc) is 2.16. The van der Waals surface area contributed by atoms with E-state index in [1.165, 1.54) is 0 Å². The Morgan fingerprint density at radius 1 is 1.12 bits per heavy atom. The van der Waals surface area contributed by atoms with E-state index in [0.29, 0.717) is 5.56 Å². The van der Waals surface area contributed by atoms with Crippen molar-refractivity contribution in [3.8, 4) is 0 Å². The molecule has 0 amide bonds. The predicted molar refractivity (Wildman–Crippen MR) is 58.3 cm³/mol. The van der Waals surface area contributed by atoms with Crippen LogP contribution in [0.5, 0.6) is 0 Å². The van der Waals surface area contributed by atoms with Crippen LogP contribution in [0.4, 0.5) is 13.2 Å². The minimum Gasteiger partial charge on any atom is -0.304 e. The maximum atomic E-state index is 12.7. The Morgan fingerprint density at radius 3 is 2.12 bits per heavy atom. The number of alkyl halides is 3. The Bertz CT molecular complexity index is 306. The minimum atomic E-state index is -4.21. The molecular formula is C12H16F3N. The average molecular weight is 231 g/mol. The fourth-order valence-corrected chi connectivity index (χ4v) is 1.52. The summed E-state index contributed by atoms with van der Waals surface area (Å²) >= 11 is 0. The molecule has 0 aliphatic heterocycles. The van der Waals surface area contributed by atoms with Crippen molar-refractivity contribution in [1.82, 2.24) is 5.32 Å². The van der Waals surface area contributed by atoms with E-state index in [0.717, 1.165) is 0 Å². The highest BCUT2D eigenvalue weighted by atomic mass is 19.4. The van der Waals surface area contributed by atoms with E-state index < -0.39 is 12.2 Å². The van der Waals surface area contributed by atoms with Crippen LogP contribution in [-0.2, 0) is 6.42 Å². The van der Waals surface area contributed by atoms with Crippen LogP contribution < -0.4 is 5.32 Å². The number of benzene rings is 1. The summed E-state index contributed by atoms with van der Waals surface area (Å²) < 4.78 is 38.1. The molecule has 0 fully saturated rings. The van der Waals surface area contributed by atoms with Gasteiger partial charge in [0.25, 0.3) is 0 Å². The van der Waals surface area contributed by atoms with Crippen LogP contribution in [0.15, 0.2) is 30.3 Å². The van der Waals surface area contributed by atoms with E-state index in [1.807, 2.05) is 0 Å². The Morgan fingerprint density at radius 2 is 1.69 bits per heavy atom. The fourth-order valence-electron chi connectivity index (χ4n) is 1.52. The monoisotopic (exact) mass is 231 g/mol. The Balaban J connectivity index is 2.72. The van der Waals surface area contributed by atoms with E-state index >= 15 is 0 Å². The maximum Gasteiger partial charge on any atom is 0.404 e. The SMILES string of the molecule is CC(C)NC(Cc1ccccc1)C(F)(F)F. The van der Waals surface area contributed by atoms with Crippen molar-refractivity contribution in [2.24, 2.45) is 0 Å². The lowest BCUT2D eigenvalue weighted by Gasteiger charge is -2.23. The van der Waals surface area contributed by atoms with Gasteiger partial charge in [0.2, 0.25) is 0 Å². The van der Waals surface area contributed by atoms with Crippen LogP contribution in [0.1, 0.15) is 19.4 Å². The summed E-state index contributed by atoms with van der Waals surface area (Å²) in [6.07, 6.45) is -4.23. The summed E-state index contributed by atoms with van der Waals surface area (Å²) in [5.41, 5.74) is 0.693. The van der Waals surface area contributed by atoms with E-state index in [-0.39, 0.29) is 12.5 Å². The first-order valence-electron chi connectivity index (χ1n) is 5.26. The van der Waals surface area contributed by atoms with Gasteiger partial charge in [-0.25, -0.2) is 0 Å². The quantitative estimate of drug-likeness (QED) is 0.839. The highest BCUT2D eigenvalue weighted by Gasteiger charge is 2.39. The Labute approximate surface area is 93.7 Å². The lowest BCUT2D eigenvalue weighted by molar-refractivity contribution is -0.156. The van der Waals surface area contributed by atoms with Crippen molar-refractivity contribution in [3.63, 3.8) is 0 Å². The molecule has 1 nitrogen and oxygen atoms in total. The van der Waals surface area contributed by atoms with E-state index in [2.05, 4.69) is 5.32 Å². The van der Waals surface area contributed by atoms with Crippen molar-refractivity contribution < 1.29 is 13.2 Å². The summed E-state index contributed by atoms with van der Waals surface area (Å²) in [5, 5.41) is 2.54. The first-order chi connectivity index (χ1) is 7.39. The molecule has 0 radical (unpaired) electrons. The topological polar surface area (TPSA) is 12.0 Å². The smallest absolute Gasteiger partial charge is 0.304 e. The van der Waals surface area contributed by atoms with Gasteiger partial charge in [0.05, 0.1) is 0 Å². The molecule has 0 aromatic heterocycles. The number of nitrogens with one attached hydrogen (secondary N) is 1. The fraction of sp³-hybridized carbons (Fsp3) is 0.500. The van der Waals surface area contributed by atoms with Crippen molar-refractivity contribution in [2.45, 2.75) is 38.5 Å². The molecule has 0 aliphatic carbocycles. The third-order valence-electron chi connectivity index (χ3n) is 2.21. The first kappa shape index (κ1) is 13.0. The van der Waals surface area contributed by atoms with Crippen LogP contribution >= 0.6 is 0 Å². The molecule has 1 rings (SSSR count).